The number of nitrogens with zero attached hydrogens (tertiary/aromatic N) is 1. The highest BCUT2D eigenvalue weighted by molar-refractivity contribution is 5.99. The molecule has 1 fully saturated rings. The van der Waals surface area contributed by atoms with Crippen molar-refractivity contribution in [2.24, 2.45) is 5.92 Å². The Morgan fingerprint density at radius 3 is 2.42 bits per heavy atom. The van der Waals surface area contributed by atoms with Crippen molar-refractivity contribution in [3.05, 3.63) is 59.2 Å². The number of aryl methyl sites for hydroxylation is 3. The molecule has 1 saturated heterocycles. The fourth-order valence-electron chi connectivity index (χ4n) is 3.05. The van der Waals surface area contributed by atoms with Gasteiger partial charge in [0, 0.05) is 18.7 Å². The SMILES string of the molecule is Cc1cccc(N2C[C@H](C(=O)Oc3c(C)cccc3C)CC2=O)c1. The second-order valence-corrected chi connectivity index (χ2v) is 6.39. The van der Waals surface area contributed by atoms with Gasteiger partial charge >= 0.3 is 5.97 Å². The summed E-state index contributed by atoms with van der Waals surface area (Å²) in [6.07, 6.45) is 0.192. The normalized spacial score (nSPS) is 17.2. The standard InChI is InChI=1S/C20H21NO3/c1-13-6-4-9-17(10-13)21-12-16(11-18(21)22)20(23)24-19-14(2)7-5-8-15(19)3/h4-10,16H,11-12H2,1-3H3/t16-/m1/s1. The first-order valence-corrected chi connectivity index (χ1v) is 8.10. The Labute approximate surface area is 142 Å². The van der Waals surface area contributed by atoms with Crippen LogP contribution in [-0.2, 0) is 9.59 Å². The lowest BCUT2D eigenvalue weighted by Gasteiger charge is -2.17. The number of benzene rings is 2. The number of hydrogen-bond acceptors (Lipinski definition) is 3. The topological polar surface area (TPSA) is 46.6 Å². The minimum Gasteiger partial charge on any atom is -0.426 e. The second kappa shape index (κ2) is 6.48. The average molecular weight is 323 g/mol. The Morgan fingerprint density at radius 1 is 1.08 bits per heavy atom. The van der Waals surface area contributed by atoms with E-state index in [1.54, 1.807) is 4.90 Å². The molecule has 1 aliphatic rings. The molecule has 2 aromatic rings. The minimum absolute atomic E-state index is 0.0379. The number of carbonyl (C=O) groups is 2. The molecule has 0 bridgehead atoms. The van der Waals surface area contributed by atoms with Crippen LogP contribution < -0.4 is 9.64 Å². The maximum atomic E-state index is 12.5. The van der Waals surface area contributed by atoms with E-state index in [0.717, 1.165) is 22.4 Å². The van der Waals surface area contributed by atoms with E-state index < -0.39 is 5.92 Å². The molecule has 4 heteroatoms. The van der Waals surface area contributed by atoms with Crippen LogP contribution in [0.4, 0.5) is 5.69 Å². The highest BCUT2D eigenvalue weighted by atomic mass is 16.5. The first kappa shape index (κ1) is 16.2. The van der Waals surface area contributed by atoms with Gasteiger partial charge in [0.15, 0.2) is 0 Å². The van der Waals surface area contributed by atoms with E-state index in [4.69, 9.17) is 4.74 Å². The quantitative estimate of drug-likeness (QED) is 0.641. The van der Waals surface area contributed by atoms with E-state index >= 15 is 0 Å². The fraction of sp³-hybridized carbons (Fsp3) is 0.300. The number of para-hydroxylation sites is 1. The van der Waals surface area contributed by atoms with Gasteiger partial charge in [-0.15, -0.1) is 0 Å². The summed E-state index contributed by atoms with van der Waals surface area (Å²) in [5.41, 5.74) is 3.76. The Hall–Kier alpha value is -2.62. The molecule has 0 spiro atoms. The molecule has 3 rings (SSSR count). The lowest BCUT2D eigenvalue weighted by Crippen LogP contribution is -2.27. The summed E-state index contributed by atoms with van der Waals surface area (Å²) in [5.74, 6) is -0.207. The number of carbonyl (C=O) groups excluding carboxylic acids is 2. The van der Waals surface area contributed by atoms with Crippen LogP contribution in [-0.4, -0.2) is 18.4 Å². The molecule has 2 aromatic carbocycles. The minimum atomic E-state index is -0.433. The summed E-state index contributed by atoms with van der Waals surface area (Å²) in [6.45, 7) is 6.17. The first-order valence-electron chi connectivity index (χ1n) is 8.10. The van der Waals surface area contributed by atoms with Gasteiger partial charge in [-0.05, 0) is 49.6 Å². The average Bonchev–Trinajstić information content (AvgIpc) is 2.93. The molecule has 0 aliphatic carbocycles. The van der Waals surface area contributed by atoms with Crippen LogP contribution in [0.1, 0.15) is 23.1 Å². The third kappa shape index (κ3) is 3.18. The van der Waals surface area contributed by atoms with Crippen molar-refractivity contribution < 1.29 is 14.3 Å². The van der Waals surface area contributed by atoms with Crippen molar-refractivity contribution >= 4 is 17.6 Å². The zero-order chi connectivity index (χ0) is 17.3. The van der Waals surface area contributed by atoms with Crippen LogP contribution in [0, 0.1) is 26.7 Å². The molecule has 0 unspecified atom stereocenters. The van der Waals surface area contributed by atoms with Crippen molar-refractivity contribution in [2.45, 2.75) is 27.2 Å². The zero-order valence-corrected chi connectivity index (χ0v) is 14.2. The molecule has 0 radical (unpaired) electrons. The number of anilines is 1. The van der Waals surface area contributed by atoms with Gasteiger partial charge < -0.3 is 9.64 Å². The van der Waals surface area contributed by atoms with Gasteiger partial charge in [-0.1, -0.05) is 30.3 Å². The largest absolute Gasteiger partial charge is 0.426 e. The summed E-state index contributed by atoms with van der Waals surface area (Å²) in [4.78, 5) is 26.5. The molecular formula is C20H21NO3. The monoisotopic (exact) mass is 323 g/mol. The first-order chi connectivity index (χ1) is 11.5. The van der Waals surface area contributed by atoms with Gasteiger partial charge in [-0.25, -0.2) is 0 Å². The molecule has 4 nitrogen and oxygen atoms in total. The third-order valence-corrected chi connectivity index (χ3v) is 4.38. The van der Waals surface area contributed by atoms with E-state index in [2.05, 4.69) is 0 Å². The molecule has 1 heterocycles. The lowest BCUT2D eigenvalue weighted by atomic mass is 10.1. The van der Waals surface area contributed by atoms with Crippen molar-refractivity contribution in [1.29, 1.82) is 0 Å². The van der Waals surface area contributed by atoms with E-state index in [1.807, 2.05) is 63.2 Å². The summed E-state index contributed by atoms with van der Waals surface area (Å²) in [7, 11) is 0. The van der Waals surface area contributed by atoms with Crippen LogP contribution in [0.25, 0.3) is 0 Å². The molecule has 1 aliphatic heterocycles. The fourth-order valence-corrected chi connectivity index (χ4v) is 3.05. The van der Waals surface area contributed by atoms with Crippen LogP contribution in [0.3, 0.4) is 0 Å². The van der Waals surface area contributed by atoms with Gasteiger partial charge in [0.05, 0.1) is 5.92 Å². The molecule has 0 aromatic heterocycles. The number of hydrogen-bond donors (Lipinski definition) is 0. The van der Waals surface area contributed by atoms with E-state index in [-0.39, 0.29) is 18.3 Å². The molecule has 24 heavy (non-hydrogen) atoms. The smallest absolute Gasteiger partial charge is 0.316 e. The maximum Gasteiger partial charge on any atom is 0.316 e. The van der Waals surface area contributed by atoms with Crippen LogP contribution in [0.15, 0.2) is 42.5 Å². The Balaban J connectivity index is 1.75. The van der Waals surface area contributed by atoms with Gasteiger partial charge in [0.1, 0.15) is 5.75 Å². The molecular weight excluding hydrogens is 302 g/mol. The molecule has 0 N–H and O–H groups in total. The summed E-state index contributed by atoms with van der Waals surface area (Å²) in [6, 6.07) is 13.5. The van der Waals surface area contributed by atoms with Crippen molar-refractivity contribution in [2.75, 3.05) is 11.4 Å². The van der Waals surface area contributed by atoms with Gasteiger partial charge in [0.25, 0.3) is 0 Å². The van der Waals surface area contributed by atoms with Crippen LogP contribution in [0.5, 0.6) is 5.75 Å². The number of rotatable bonds is 3. The Morgan fingerprint density at radius 2 is 1.75 bits per heavy atom. The van der Waals surface area contributed by atoms with Crippen molar-refractivity contribution in [3.63, 3.8) is 0 Å². The third-order valence-electron chi connectivity index (χ3n) is 4.38. The molecule has 1 atom stereocenters. The number of esters is 1. The van der Waals surface area contributed by atoms with Crippen molar-refractivity contribution in [3.8, 4) is 5.75 Å². The second-order valence-electron chi connectivity index (χ2n) is 6.39. The highest BCUT2D eigenvalue weighted by Crippen LogP contribution is 2.29. The predicted octanol–water partition coefficient (Wildman–Crippen LogP) is 3.57. The summed E-state index contributed by atoms with van der Waals surface area (Å²) < 4.78 is 5.60. The highest BCUT2D eigenvalue weighted by Gasteiger charge is 2.36. The summed E-state index contributed by atoms with van der Waals surface area (Å²) in [5, 5.41) is 0. The van der Waals surface area contributed by atoms with E-state index in [9.17, 15) is 9.59 Å². The zero-order valence-electron chi connectivity index (χ0n) is 14.2. The molecule has 1 amide bonds. The van der Waals surface area contributed by atoms with Crippen molar-refractivity contribution in [1.82, 2.24) is 0 Å². The van der Waals surface area contributed by atoms with Gasteiger partial charge in [0.2, 0.25) is 5.91 Å². The van der Waals surface area contributed by atoms with Gasteiger partial charge in [-0.3, -0.25) is 9.59 Å². The van der Waals surface area contributed by atoms with Crippen LogP contribution in [0.2, 0.25) is 0 Å². The van der Waals surface area contributed by atoms with E-state index in [1.165, 1.54) is 0 Å². The number of ether oxygens (including phenoxy) is 1. The maximum absolute atomic E-state index is 12.5. The number of amides is 1. The lowest BCUT2D eigenvalue weighted by molar-refractivity contribution is -0.139. The summed E-state index contributed by atoms with van der Waals surface area (Å²) >= 11 is 0. The van der Waals surface area contributed by atoms with Crippen LogP contribution >= 0.6 is 0 Å². The molecule has 0 saturated carbocycles. The Bertz CT molecular complexity index is 777. The Kier molecular flexibility index (Phi) is 4.38. The molecule has 124 valence electrons. The predicted molar refractivity (Wildman–Crippen MR) is 93.2 cm³/mol. The van der Waals surface area contributed by atoms with Gasteiger partial charge in [-0.2, -0.15) is 0 Å². The van der Waals surface area contributed by atoms with E-state index in [0.29, 0.717) is 12.3 Å².